The average molecular weight is 360 g/mol. The van der Waals surface area contributed by atoms with Gasteiger partial charge in [0.2, 0.25) is 5.91 Å². The quantitative estimate of drug-likeness (QED) is 0.738. The van der Waals surface area contributed by atoms with E-state index in [0.29, 0.717) is 13.1 Å². The second-order valence-electron chi connectivity index (χ2n) is 6.78. The van der Waals surface area contributed by atoms with E-state index in [1.165, 1.54) is 0 Å². The Hall–Kier alpha value is -2.33. The number of anilines is 1. The third-order valence-corrected chi connectivity index (χ3v) is 4.96. The zero-order valence-corrected chi connectivity index (χ0v) is 15.0. The molecule has 1 N–H and O–H groups in total. The number of ether oxygens (including phenoxy) is 1. The zero-order chi connectivity index (χ0) is 17.9. The van der Waals surface area contributed by atoms with E-state index < -0.39 is 0 Å². The normalized spacial score (nSPS) is 21.4. The molecule has 2 aliphatic rings. The Labute approximate surface area is 151 Å². The minimum Gasteiger partial charge on any atom is -0.376 e. The van der Waals surface area contributed by atoms with E-state index in [1.807, 2.05) is 7.05 Å². The Bertz CT molecular complexity index is 765. The van der Waals surface area contributed by atoms with Gasteiger partial charge in [-0.1, -0.05) is 5.21 Å². The van der Waals surface area contributed by atoms with Gasteiger partial charge in [-0.05, 0) is 12.8 Å². The van der Waals surface area contributed by atoms with Crippen molar-refractivity contribution in [1.29, 1.82) is 0 Å². The Morgan fingerprint density at radius 1 is 1.31 bits per heavy atom. The van der Waals surface area contributed by atoms with Crippen molar-refractivity contribution in [2.24, 2.45) is 7.05 Å². The summed E-state index contributed by atoms with van der Waals surface area (Å²) in [5.74, 6) is 0.873. The molecule has 2 fully saturated rings. The first kappa shape index (κ1) is 17.1. The van der Waals surface area contributed by atoms with Gasteiger partial charge in [0.15, 0.2) is 17.0 Å². The van der Waals surface area contributed by atoms with E-state index in [2.05, 4.69) is 35.4 Å². The molecule has 1 amide bonds. The predicted molar refractivity (Wildman–Crippen MR) is 94.7 cm³/mol. The van der Waals surface area contributed by atoms with E-state index >= 15 is 0 Å². The molecular formula is C16H24N8O2. The molecule has 10 nitrogen and oxygen atoms in total. The molecule has 0 spiro atoms. The van der Waals surface area contributed by atoms with Gasteiger partial charge in [-0.15, -0.1) is 5.10 Å². The second-order valence-corrected chi connectivity index (χ2v) is 6.78. The number of amides is 1. The van der Waals surface area contributed by atoms with Crippen molar-refractivity contribution in [2.75, 3.05) is 50.8 Å². The maximum atomic E-state index is 12.1. The molecular weight excluding hydrogens is 336 g/mol. The lowest BCUT2D eigenvalue weighted by Crippen LogP contribution is -2.50. The summed E-state index contributed by atoms with van der Waals surface area (Å²) < 4.78 is 7.18. The summed E-state index contributed by atoms with van der Waals surface area (Å²) in [4.78, 5) is 25.1. The Morgan fingerprint density at radius 2 is 2.15 bits per heavy atom. The van der Waals surface area contributed by atoms with Crippen molar-refractivity contribution in [2.45, 2.75) is 18.9 Å². The lowest BCUT2D eigenvalue weighted by atomic mass is 10.2. The molecule has 0 radical (unpaired) electrons. The smallest absolute Gasteiger partial charge is 0.234 e. The lowest BCUT2D eigenvalue weighted by molar-refractivity contribution is -0.122. The van der Waals surface area contributed by atoms with Crippen LogP contribution in [0.2, 0.25) is 0 Å². The topological polar surface area (TPSA) is 101 Å². The number of hydrogen-bond donors (Lipinski definition) is 1. The number of carbonyl (C=O) groups is 1. The van der Waals surface area contributed by atoms with E-state index in [1.54, 1.807) is 11.0 Å². The van der Waals surface area contributed by atoms with Crippen LogP contribution in [0, 0.1) is 0 Å². The number of nitrogens with one attached hydrogen (secondary N) is 1. The number of fused-ring (bicyclic) bond motifs is 1. The highest BCUT2D eigenvalue weighted by Gasteiger charge is 2.23. The molecule has 140 valence electrons. The lowest BCUT2D eigenvalue weighted by Gasteiger charge is -2.34. The maximum Gasteiger partial charge on any atom is 0.234 e. The highest BCUT2D eigenvalue weighted by atomic mass is 16.5. The van der Waals surface area contributed by atoms with Crippen molar-refractivity contribution in [1.82, 2.24) is 35.2 Å². The highest BCUT2D eigenvalue weighted by Crippen LogP contribution is 2.21. The van der Waals surface area contributed by atoms with Crippen molar-refractivity contribution < 1.29 is 9.53 Å². The molecule has 2 aromatic heterocycles. The summed E-state index contributed by atoms with van der Waals surface area (Å²) in [6.07, 6.45) is 3.86. The van der Waals surface area contributed by atoms with Gasteiger partial charge in [0.1, 0.15) is 6.33 Å². The summed E-state index contributed by atoms with van der Waals surface area (Å²) in [7, 11) is 1.82. The fraction of sp³-hybridized carbons (Fsp3) is 0.688. The minimum absolute atomic E-state index is 0.0623. The number of rotatable bonds is 5. The Kier molecular flexibility index (Phi) is 4.93. The van der Waals surface area contributed by atoms with Gasteiger partial charge in [0.05, 0.1) is 12.6 Å². The third kappa shape index (κ3) is 3.61. The minimum atomic E-state index is 0.0623. The van der Waals surface area contributed by atoms with Crippen molar-refractivity contribution >= 4 is 22.9 Å². The number of piperazine rings is 1. The van der Waals surface area contributed by atoms with Crippen LogP contribution >= 0.6 is 0 Å². The zero-order valence-electron chi connectivity index (χ0n) is 15.0. The van der Waals surface area contributed by atoms with Crippen LogP contribution in [0.1, 0.15) is 12.8 Å². The van der Waals surface area contributed by atoms with Gasteiger partial charge < -0.3 is 15.0 Å². The molecule has 0 bridgehead atoms. The number of nitrogens with zero attached hydrogens (tertiary/aromatic N) is 7. The molecule has 2 aliphatic heterocycles. The van der Waals surface area contributed by atoms with Gasteiger partial charge in [0, 0.05) is 46.4 Å². The molecule has 4 heterocycles. The molecule has 10 heteroatoms. The molecule has 1 atom stereocenters. The Morgan fingerprint density at radius 3 is 2.92 bits per heavy atom. The van der Waals surface area contributed by atoms with Gasteiger partial charge in [-0.2, -0.15) is 0 Å². The monoisotopic (exact) mass is 360 g/mol. The molecule has 0 saturated carbocycles. The van der Waals surface area contributed by atoms with Gasteiger partial charge >= 0.3 is 0 Å². The molecule has 2 saturated heterocycles. The number of aromatic nitrogens is 5. The molecule has 0 aliphatic carbocycles. The van der Waals surface area contributed by atoms with E-state index in [-0.39, 0.29) is 12.0 Å². The molecule has 0 unspecified atom stereocenters. The SMILES string of the molecule is Cn1nnc2c(N3CCN(CC(=O)NC[C@H]4CCCO4)CC3)ncnc21. The maximum absolute atomic E-state index is 12.1. The summed E-state index contributed by atoms with van der Waals surface area (Å²) in [5.41, 5.74) is 1.45. The van der Waals surface area contributed by atoms with Gasteiger partial charge in [-0.3, -0.25) is 9.69 Å². The van der Waals surface area contributed by atoms with Crippen LogP contribution in [-0.2, 0) is 16.6 Å². The van der Waals surface area contributed by atoms with Gasteiger partial charge in [-0.25, -0.2) is 14.6 Å². The second kappa shape index (κ2) is 7.50. The third-order valence-electron chi connectivity index (χ3n) is 4.96. The van der Waals surface area contributed by atoms with Crippen LogP contribution in [0.25, 0.3) is 11.2 Å². The van der Waals surface area contributed by atoms with Crippen molar-refractivity contribution in [3.05, 3.63) is 6.33 Å². The number of hydrogen-bond acceptors (Lipinski definition) is 8. The van der Waals surface area contributed by atoms with Crippen LogP contribution < -0.4 is 10.2 Å². The molecule has 0 aromatic carbocycles. The largest absolute Gasteiger partial charge is 0.376 e. The van der Waals surface area contributed by atoms with E-state index in [4.69, 9.17) is 4.74 Å². The van der Waals surface area contributed by atoms with Gasteiger partial charge in [0.25, 0.3) is 0 Å². The van der Waals surface area contributed by atoms with E-state index in [9.17, 15) is 4.79 Å². The van der Waals surface area contributed by atoms with Crippen LogP contribution in [0.3, 0.4) is 0 Å². The van der Waals surface area contributed by atoms with Crippen molar-refractivity contribution in [3.8, 4) is 0 Å². The van der Waals surface area contributed by atoms with Crippen LogP contribution in [0.5, 0.6) is 0 Å². The molecule has 26 heavy (non-hydrogen) atoms. The van der Waals surface area contributed by atoms with Crippen LogP contribution in [0.15, 0.2) is 6.33 Å². The first-order chi connectivity index (χ1) is 12.7. The van der Waals surface area contributed by atoms with E-state index in [0.717, 1.165) is 62.6 Å². The summed E-state index contributed by atoms with van der Waals surface area (Å²) in [6, 6.07) is 0. The van der Waals surface area contributed by atoms with Crippen LogP contribution in [-0.4, -0.2) is 87.7 Å². The fourth-order valence-corrected chi connectivity index (χ4v) is 3.48. The molecule has 2 aromatic rings. The standard InChI is InChI=1S/C16H24N8O2/c1-22-15-14(20-21-22)16(19-11-18-15)24-6-4-23(5-7-24)10-13(25)17-9-12-3-2-8-26-12/h11-12H,2-10H2,1H3,(H,17,25)/t12-/m1/s1. The van der Waals surface area contributed by atoms with Crippen LogP contribution in [0.4, 0.5) is 5.82 Å². The fourth-order valence-electron chi connectivity index (χ4n) is 3.48. The number of aryl methyl sites for hydroxylation is 1. The highest BCUT2D eigenvalue weighted by molar-refractivity contribution is 5.82. The predicted octanol–water partition coefficient (Wildman–Crippen LogP) is -0.824. The summed E-state index contributed by atoms with van der Waals surface area (Å²) >= 11 is 0. The first-order valence-electron chi connectivity index (χ1n) is 9.06. The average Bonchev–Trinajstić information content (AvgIpc) is 3.31. The molecule has 4 rings (SSSR count). The number of carbonyl (C=O) groups excluding carboxylic acids is 1. The Balaban J connectivity index is 1.29. The summed E-state index contributed by atoms with van der Waals surface area (Å²) in [6.45, 7) is 5.04. The summed E-state index contributed by atoms with van der Waals surface area (Å²) in [5, 5.41) is 11.2. The first-order valence-corrected chi connectivity index (χ1v) is 9.06. The van der Waals surface area contributed by atoms with Crippen molar-refractivity contribution in [3.63, 3.8) is 0 Å².